The van der Waals surface area contributed by atoms with Gasteiger partial charge in [0.05, 0.1) is 4.90 Å². The molecule has 1 aliphatic rings. The molecule has 9 nitrogen and oxygen atoms in total. The second-order valence-electron chi connectivity index (χ2n) is 7.00. The molecule has 10 heteroatoms. The third-order valence-electron chi connectivity index (χ3n) is 4.43. The van der Waals surface area contributed by atoms with Crippen molar-refractivity contribution in [3.05, 3.63) is 29.8 Å². The van der Waals surface area contributed by atoms with Gasteiger partial charge in [0.2, 0.25) is 15.9 Å². The molecule has 0 radical (unpaired) electrons. The SMILES string of the molecule is CC(=O)N[C@@H](C(=O)NNC(=O)c1ccc(S(=O)(=O)N2CCCC2)cc1)C(C)C. The average Bonchev–Trinajstić information content (AvgIpc) is 3.19. The fourth-order valence-electron chi connectivity index (χ4n) is 2.88. The molecule has 154 valence electrons. The van der Waals surface area contributed by atoms with Gasteiger partial charge in [-0.2, -0.15) is 4.31 Å². The highest BCUT2D eigenvalue weighted by Crippen LogP contribution is 2.21. The summed E-state index contributed by atoms with van der Waals surface area (Å²) >= 11 is 0. The largest absolute Gasteiger partial charge is 0.344 e. The summed E-state index contributed by atoms with van der Waals surface area (Å²) < 4.78 is 26.4. The van der Waals surface area contributed by atoms with Crippen molar-refractivity contribution in [3.8, 4) is 0 Å². The van der Waals surface area contributed by atoms with E-state index in [1.165, 1.54) is 35.5 Å². The average molecular weight is 410 g/mol. The van der Waals surface area contributed by atoms with Gasteiger partial charge in [0.1, 0.15) is 6.04 Å². The maximum atomic E-state index is 12.5. The van der Waals surface area contributed by atoms with Crippen LogP contribution in [0, 0.1) is 5.92 Å². The molecule has 1 fully saturated rings. The highest BCUT2D eigenvalue weighted by atomic mass is 32.2. The summed E-state index contributed by atoms with van der Waals surface area (Å²) in [4.78, 5) is 35.7. The van der Waals surface area contributed by atoms with E-state index in [0.29, 0.717) is 13.1 Å². The van der Waals surface area contributed by atoms with Gasteiger partial charge in [0.15, 0.2) is 0 Å². The number of nitrogens with zero attached hydrogens (tertiary/aromatic N) is 1. The summed E-state index contributed by atoms with van der Waals surface area (Å²) in [7, 11) is -3.55. The molecule has 1 saturated heterocycles. The molecule has 3 N–H and O–H groups in total. The Kier molecular flexibility index (Phi) is 7.14. The van der Waals surface area contributed by atoms with E-state index in [1.54, 1.807) is 13.8 Å². The van der Waals surface area contributed by atoms with Crippen LogP contribution in [0.1, 0.15) is 44.0 Å². The first-order chi connectivity index (χ1) is 13.1. The number of carbonyl (C=O) groups is 3. The van der Waals surface area contributed by atoms with Crippen LogP contribution < -0.4 is 16.2 Å². The van der Waals surface area contributed by atoms with Gasteiger partial charge in [-0.1, -0.05) is 13.8 Å². The topological polar surface area (TPSA) is 125 Å². The van der Waals surface area contributed by atoms with E-state index < -0.39 is 27.9 Å². The van der Waals surface area contributed by atoms with Crippen molar-refractivity contribution in [1.82, 2.24) is 20.5 Å². The molecular formula is C18H26N4O5S. The number of benzene rings is 1. The van der Waals surface area contributed by atoms with Crippen molar-refractivity contribution in [2.75, 3.05) is 13.1 Å². The summed E-state index contributed by atoms with van der Waals surface area (Å²) in [6.07, 6.45) is 1.69. The lowest BCUT2D eigenvalue weighted by molar-refractivity contribution is -0.129. The number of hydrazine groups is 1. The van der Waals surface area contributed by atoms with Crippen LogP contribution in [0.3, 0.4) is 0 Å². The maximum absolute atomic E-state index is 12.5. The number of rotatable bonds is 6. The Bertz CT molecular complexity index is 830. The first-order valence-electron chi connectivity index (χ1n) is 9.10. The fraction of sp³-hybridized carbons (Fsp3) is 0.500. The van der Waals surface area contributed by atoms with Gasteiger partial charge in [-0.25, -0.2) is 8.42 Å². The van der Waals surface area contributed by atoms with Crippen LogP contribution in [0.15, 0.2) is 29.2 Å². The molecule has 3 amide bonds. The van der Waals surface area contributed by atoms with E-state index in [2.05, 4.69) is 16.2 Å². The number of carbonyl (C=O) groups excluding carboxylic acids is 3. The quantitative estimate of drug-likeness (QED) is 0.585. The minimum atomic E-state index is -3.55. The molecule has 28 heavy (non-hydrogen) atoms. The Morgan fingerprint density at radius 2 is 1.57 bits per heavy atom. The minimum absolute atomic E-state index is 0.125. The van der Waals surface area contributed by atoms with E-state index >= 15 is 0 Å². The first-order valence-corrected chi connectivity index (χ1v) is 10.5. The van der Waals surface area contributed by atoms with Crippen LogP contribution in [-0.2, 0) is 19.6 Å². The molecule has 1 aromatic rings. The van der Waals surface area contributed by atoms with Crippen molar-refractivity contribution in [2.45, 2.75) is 44.6 Å². The Hall–Kier alpha value is -2.46. The Labute approximate surface area is 164 Å². The lowest BCUT2D eigenvalue weighted by Crippen LogP contribution is -2.54. The summed E-state index contributed by atoms with van der Waals surface area (Å²) in [5, 5.41) is 2.52. The second kappa shape index (κ2) is 9.16. The number of nitrogens with one attached hydrogen (secondary N) is 3. The second-order valence-corrected chi connectivity index (χ2v) is 8.94. The van der Waals surface area contributed by atoms with Crippen molar-refractivity contribution >= 4 is 27.7 Å². The lowest BCUT2D eigenvalue weighted by Gasteiger charge is -2.21. The molecule has 1 atom stereocenters. The molecule has 0 aromatic heterocycles. The number of amides is 3. The van der Waals surface area contributed by atoms with Crippen LogP contribution in [0.2, 0.25) is 0 Å². The Morgan fingerprint density at radius 1 is 1.00 bits per heavy atom. The molecular weight excluding hydrogens is 384 g/mol. The summed E-state index contributed by atoms with van der Waals surface area (Å²) in [5.74, 6) is -1.67. The lowest BCUT2D eigenvalue weighted by atomic mass is 10.0. The molecule has 0 saturated carbocycles. The predicted octanol–water partition coefficient (Wildman–Crippen LogP) is 0.393. The summed E-state index contributed by atoms with van der Waals surface area (Å²) in [6, 6.07) is 4.74. The van der Waals surface area contributed by atoms with Crippen molar-refractivity contribution < 1.29 is 22.8 Å². The molecule has 0 spiro atoms. The molecule has 0 aliphatic carbocycles. The zero-order chi connectivity index (χ0) is 20.9. The highest BCUT2D eigenvalue weighted by molar-refractivity contribution is 7.89. The van der Waals surface area contributed by atoms with Crippen LogP contribution in [0.25, 0.3) is 0 Å². The van der Waals surface area contributed by atoms with Crippen molar-refractivity contribution in [2.24, 2.45) is 5.92 Å². The standard InChI is InChI=1S/C18H26N4O5S/c1-12(2)16(19-13(3)23)18(25)21-20-17(24)14-6-8-15(9-7-14)28(26,27)22-10-4-5-11-22/h6-9,12,16H,4-5,10-11H2,1-3H3,(H,19,23)(H,20,24)(H,21,25)/t16-/m1/s1. The van der Waals surface area contributed by atoms with Crippen LogP contribution in [0.5, 0.6) is 0 Å². The van der Waals surface area contributed by atoms with E-state index in [-0.39, 0.29) is 22.3 Å². The van der Waals surface area contributed by atoms with Gasteiger partial charge >= 0.3 is 0 Å². The van der Waals surface area contributed by atoms with E-state index in [9.17, 15) is 22.8 Å². The van der Waals surface area contributed by atoms with E-state index in [0.717, 1.165) is 12.8 Å². The zero-order valence-electron chi connectivity index (χ0n) is 16.2. The summed E-state index contributed by atoms with van der Waals surface area (Å²) in [6.45, 7) is 5.84. The van der Waals surface area contributed by atoms with Gasteiger partial charge < -0.3 is 5.32 Å². The Balaban J connectivity index is 1.99. The summed E-state index contributed by atoms with van der Waals surface area (Å²) in [5.41, 5.74) is 4.74. The smallest absolute Gasteiger partial charge is 0.269 e. The van der Waals surface area contributed by atoms with E-state index in [4.69, 9.17) is 0 Å². The van der Waals surface area contributed by atoms with Gasteiger partial charge in [-0.05, 0) is 43.0 Å². The normalized spacial score (nSPS) is 15.9. The molecule has 1 aliphatic heterocycles. The third kappa shape index (κ3) is 5.29. The minimum Gasteiger partial charge on any atom is -0.344 e. The van der Waals surface area contributed by atoms with Gasteiger partial charge in [-0.15, -0.1) is 0 Å². The van der Waals surface area contributed by atoms with Crippen molar-refractivity contribution in [3.63, 3.8) is 0 Å². The molecule has 0 bridgehead atoms. The monoisotopic (exact) mass is 410 g/mol. The molecule has 0 unspecified atom stereocenters. The predicted molar refractivity (Wildman–Crippen MR) is 102 cm³/mol. The number of hydrogen-bond donors (Lipinski definition) is 3. The molecule has 1 aromatic carbocycles. The third-order valence-corrected chi connectivity index (χ3v) is 6.34. The highest BCUT2D eigenvalue weighted by Gasteiger charge is 2.27. The van der Waals surface area contributed by atoms with Crippen molar-refractivity contribution in [1.29, 1.82) is 0 Å². The van der Waals surface area contributed by atoms with Crippen LogP contribution in [0.4, 0.5) is 0 Å². The first kappa shape index (κ1) is 21.8. The van der Waals surface area contributed by atoms with Gasteiger partial charge in [0.25, 0.3) is 11.8 Å². The van der Waals surface area contributed by atoms with E-state index in [1.807, 2.05) is 0 Å². The molecule has 2 rings (SSSR count). The van der Waals surface area contributed by atoms with Gasteiger partial charge in [0, 0.05) is 25.6 Å². The number of hydrogen-bond acceptors (Lipinski definition) is 5. The zero-order valence-corrected chi connectivity index (χ0v) is 17.0. The van der Waals surface area contributed by atoms with Gasteiger partial charge in [-0.3, -0.25) is 25.2 Å². The van der Waals surface area contributed by atoms with Crippen LogP contribution in [-0.4, -0.2) is 49.6 Å². The maximum Gasteiger partial charge on any atom is 0.269 e. The number of sulfonamides is 1. The van der Waals surface area contributed by atoms with Crippen LogP contribution >= 0.6 is 0 Å². The fourth-order valence-corrected chi connectivity index (χ4v) is 4.40. The Morgan fingerprint density at radius 3 is 2.07 bits per heavy atom. The molecule has 1 heterocycles.